The van der Waals surface area contributed by atoms with E-state index in [0.717, 1.165) is 19.3 Å². The quantitative estimate of drug-likeness (QED) is 0.524. The monoisotopic (exact) mass is 452 g/mol. The predicted molar refractivity (Wildman–Crippen MR) is 122 cm³/mol. The van der Waals surface area contributed by atoms with Gasteiger partial charge in [-0.25, -0.2) is 0 Å². The Morgan fingerprint density at radius 3 is 2.28 bits per heavy atom. The SMILES string of the molecule is CCOC[C@H](OC(C)=O)[C@@]1(C)CC[C@@H]2[C@@]3(C)CCCC(C)(C)[C@@H]3C[C@H](OC(C)=O)[C@@]2(C)O1. The Labute approximate surface area is 194 Å². The van der Waals surface area contributed by atoms with Gasteiger partial charge in [0.25, 0.3) is 0 Å². The second kappa shape index (κ2) is 8.90. The summed E-state index contributed by atoms with van der Waals surface area (Å²) in [5.74, 6) is 0.115. The average molecular weight is 453 g/mol. The molecule has 3 aliphatic rings. The van der Waals surface area contributed by atoms with Gasteiger partial charge in [0.2, 0.25) is 0 Å². The molecule has 0 aromatic carbocycles. The third-order valence-electron chi connectivity index (χ3n) is 9.01. The Morgan fingerprint density at radius 1 is 1.00 bits per heavy atom. The molecular weight excluding hydrogens is 408 g/mol. The van der Waals surface area contributed by atoms with Crippen molar-refractivity contribution in [1.29, 1.82) is 0 Å². The summed E-state index contributed by atoms with van der Waals surface area (Å²) < 4.78 is 24.3. The van der Waals surface area contributed by atoms with E-state index in [4.69, 9.17) is 18.9 Å². The van der Waals surface area contributed by atoms with E-state index in [1.807, 2.05) is 13.8 Å². The zero-order valence-corrected chi connectivity index (χ0v) is 21.4. The average Bonchev–Trinajstić information content (AvgIpc) is 2.65. The largest absolute Gasteiger partial charge is 0.459 e. The fourth-order valence-electron chi connectivity index (χ4n) is 7.59. The van der Waals surface area contributed by atoms with Gasteiger partial charge in [-0.15, -0.1) is 0 Å². The lowest BCUT2D eigenvalue weighted by Gasteiger charge is -2.67. The van der Waals surface area contributed by atoms with Gasteiger partial charge in [-0.3, -0.25) is 9.59 Å². The van der Waals surface area contributed by atoms with Crippen LogP contribution in [0.25, 0.3) is 0 Å². The van der Waals surface area contributed by atoms with Crippen LogP contribution in [0.2, 0.25) is 0 Å². The summed E-state index contributed by atoms with van der Waals surface area (Å²) in [4.78, 5) is 24.0. The minimum Gasteiger partial charge on any atom is -0.459 e. The molecule has 2 saturated carbocycles. The Morgan fingerprint density at radius 2 is 1.69 bits per heavy atom. The van der Waals surface area contributed by atoms with Crippen LogP contribution in [0.1, 0.15) is 93.9 Å². The molecule has 7 atom stereocenters. The van der Waals surface area contributed by atoms with E-state index in [1.165, 1.54) is 33.1 Å². The number of carbonyl (C=O) groups excluding carboxylic acids is 2. The highest BCUT2D eigenvalue weighted by Crippen LogP contribution is 2.66. The van der Waals surface area contributed by atoms with E-state index < -0.39 is 17.3 Å². The van der Waals surface area contributed by atoms with Gasteiger partial charge < -0.3 is 18.9 Å². The molecule has 0 unspecified atom stereocenters. The minimum atomic E-state index is -0.710. The van der Waals surface area contributed by atoms with E-state index in [0.29, 0.717) is 19.1 Å². The molecule has 6 nitrogen and oxygen atoms in total. The number of carbonyl (C=O) groups is 2. The van der Waals surface area contributed by atoms with Gasteiger partial charge in [-0.1, -0.05) is 27.2 Å². The summed E-state index contributed by atoms with van der Waals surface area (Å²) in [5.41, 5.74) is -1.05. The smallest absolute Gasteiger partial charge is 0.303 e. The minimum absolute atomic E-state index is 0.116. The maximum atomic E-state index is 12.1. The number of esters is 2. The number of ether oxygens (including phenoxy) is 4. The number of hydrogen-bond acceptors (Lipinski definition) is 6. The molecule has 184 valence electrons. The van der Waals surface area contributed by atoms with Crippen LogP contribution in [0.15, 0.2) is 0 Å². The Kier molecular flexibility index (Phi) is 7.09. The Balaban J connectivity index is 2.00. The first-order chi connectivity index (χ1) is 14.8. The summed E-state index contributed by atoms with van der Waals surface area (Å²) in [6.07, 6.45) is 5.25. The maximum Gasteiger partial charge on any atom is 0.303 e. The van der Waals surface area contributed by atoms with E-state index >= 15 is 0 Å². The van der Waals surface area contributed by atoms with Gasteiger partial charge >= 0.3 is 11.9 Å². The first-order valence-electron chi connectivity index (χ1n) is 12.4. The van der Waals surface area contributed by atoms with Gasteiger partial charge in [-0.05, 0) is 75.5 Å². The third-order valence-corrected chi connectivity index (χ3v) is 9.01. The van der Waals surface area contributed by atoms with Crippen LogP contribution in [0, 0.1) is 22.7 Å². The van der Waals surface area contributed by atoms with Crippen molar-refractivity contribution in [3.8, 4) is 0 Å². The molecular formula is C26H44O6. The zero-order chi connectivity index (χ0) is 23.9. The number of rotatable bonds is 6. The number of hydrogen-bond donors (Lipinski definition) is 0. The van der Waals surface area contributed by atoms with Crippen LogP contribution in [0.5, 0.6) is 0 Å². The molecule has 2 aliphatic carbocycles. The highest BCUT2D eigenvalue weighted by atomic mass is 16.6. The van der Waals surface area contributed by atoms with E-state index in [-0.39, 0.29) is 34.8 Å². The van der Waals surface area contributed by atoms with Crippen LogP contribution < -0.4 is 0 Å². The topological polar surface area (TPSA) is 71.1 Å². The second-order valence-corrected chi connectivity index (χ2v) is 11.7. The summed E-state index contributed by atoms with van der Waals surface area (Å²) in [7, 11) is 0. The molecule has 1 heterocycles. The van der Waals surface area contributed by atoms with E-state index in [9.17, 15) is 9.59 Å². The van der Waals surface area contributed by atoms with Gasteiger partial charge in [0, 0.05) is 20.5 Å². The van der Waals surface area contributed by atoms with Crippen molar-refractivity contribution in [2.45, 2.75) is 117 Å². The highest BCUT2D eigenvalue weighted by molar-refractivity contribution is 5.66. The fraction of sp³-hybridized carbons (Fsp3) is 0.923. The van der Waals surface area contributed by atoms with Crippen molar-refractivity contribution < 1.29 is 28.5 Å². The molecule has 3 rings (SSSR count). The highest BCUT2D eigenvalue weighted by Gasteiger charge is 2.67. The van der Waals surface area contributed by atoms with Gasteiger partial charge in [0.1, 0.15) is 17.3 Å². The van der Waals surface area contributed by atoms with Crippen LogP contribution in [0.3, 0.4) is 0 Å². The van der Waals surface area contributed by atoms with Crippen LogP contribution in [-0.2, 0) is 28.5 Å². The molecule has 1 saturated heterocycles. The molecule has 0 radical (unpaired) electrons. The molecule has 3 fully saturated rings. The summed E-state index contributed by atoms with van der Waals surface area (Å²) in [6.45, 7) is 17.0. The van der Waals surface area contributed by atoms with Crippen molar-refractivity contribution in [2.24, 2.45) is 22.7 Å². The lowest BCUT2D eigenvalue weighted by molar-refractivity contribution is -0.320. The van der Waals surface area contributed by atoms with Crippen LogP contribution in [-0.4, -0.2) is 48.6 Å². The Bertz CT molecular complexity index is 719. The molecule has 0 aromatic rings. The first kappa shape index (κ1) is 25.5. The summed E-state index contributed by atoms with van der Waals surface area (Å²) in [6, 6.07) is 0. The molecule has 0 bridgehead atoms. The normalized spacial score (nSPS) is 41.7. The van der Waals surface area contributed by atoms with E-state index in [2.05, 4.69) is 27.7 Å². The molecule has 0 N–H and O–H groups in total. The summed E-state index contributed by atoms with van der Waals surface area (Å²) in [5, 5.41) is 0. The number of fused-ring (bicyclic) bond motifs is 3. The van der Waals surface area contributed by atoms with Crippen LogP contribution >= 0.6 is 0 Å². The summed E-state index contributed by atoms with van der Waals surface area (Å²) >= 11 is 0. The molecule has 0 amide bonds. The predicted octanol–water partition coefficient (Wildman–Crippen LogP) is 5.07. The van der Waals surface area contributed by atoms with Gasteiger partial charge in [0.15, 0.2) is 6.10 Å². The fourth-order valence-corrected chi connectivity index (χ4v) is 7.59. The van der Waals surface area contributed by atoms with E-state index in [1.54, 1.807) is 0 Å². The zero-order valence-electron chi connectivity index (χ0n) is 21.4. The molecule has 0 aromatic heterocycles. The molecule has 32 heavy (non-hydrogen) atoms. The van der Waals surface area contributed by atoms with Gasteiger partial charge in [-0.2, -0.15) is 0 Å². The van der Waals surface area contributed by atoms with Crippen molar-refractivity contribution in [2.75, 3.05) is 13.2 Å². The third kappa shape index (κ3) is 4.46. The molecule has 0 spiro atoms. The van der Waals surface area contributed by atoms with Crippen molar-refractivity contribution >= 4 is 11.9 Å². The second-order valence-electron chi connectivity index (χ2n) is 11.7. The standard InChI is InChI=1S/C26H44O6/c1-9-29-16-22(31-18(3)28)25(7)14-11-19-24(6)13-10-12-23(4,5)20(24)15-21(30-17(2)27)26(19,8)32-25/h19-22H,9-16H2,1-8H3/t19-,20+,21+,22+,24-,25-,26+/m1/s1. The lowest BCUT2D eigenvalue weighted by atomic mass is 9.43. The first-order valence-corrected chi connectivity index (χ1v) is 12.4. The van der Waals surface area contributed by atoms with Crippen LogP contribution in [0.4, 0.5) is 0 Å². The van der Waals surface area contributed by atoms with Crippen molar-refractivity contribution in [3.63, 3.8) is 0 Å². The van der Waals surface area contributed by atoms with Crippen molar-refractivity contribution in [1.82, 2.24) is 0 Å². The maximum absolute atomic E-state index is 12.1. The lowest BCUT2D eigenvalue weighted by Crippen LogP contribution is -2.70. The van der Waals surface area contributed by atoms with Crippen molar-refractivity contribution in [3.05, 3.63) is 0 Å². The Hall–Kier alpha value is -1.14. The molecule has 1 aliphatic heterocycles. The van der Waals surface area contributed by atoms with Gasteiger partial charge in [0.05, 0.1) is 6.61 Å². The molecule has 6 heteroatoms.